The molecule has 0 aliphatic carbocycles. The molecule has 0 heterocycles. The van der Waals surface area contributed by atoms with Gasteiger partial charge in [0.25, 0.3) is 5.69 Å². The summed E-state index contributed by atoms with van der Waals surface area (Å²) in [5.41, 5.74) is 0.190. The fourth-order valence-electron chi connectivity index (χ4n) is 1.30. The maximum atomic E-state index is 11.6. The number of aliphatic hydroxyl groups excluding tert-OH is 1. The van der Waals surface area contributed by atoms with E-state index >= 15 is 0 Å². The first-order valence-electron chi connectivity index (χ1n) is 5.07. The van der Waals surface area contributed by atoms with Crippen molar-refractivity contribution in [3.05, 3.63) is 39.9 Å². The van der Waals surface area contributed by atoms with Crippen molar-refractivity contribution in [3.63, 3.8) is 0 Å². The zero-order valence-corrected chi connectivity index (χ0v) is 11.9. The van der Waals surface area contributed by atoms with Gasteiger partial charge < -0.3 is 5.11 Å². The molecule has 0 radical (unpaired) electrons. The molecule has 0 fully saturated rings. The number of aliphatic hydroxyl groups is 1. The Balaban J connectivity index is 2.98. The van der Waals surface area contributed by atoms with Crippen LogP contribution >= 0.6 is 15.9 Å². The highest BCUT2D eigenvalue weighted by atomic mass is 79.9. The first-order chi connectivity index (χ1) is 8.29. The summed E-state index contributed by atoms with van der Waals surface area (Å²) in [5, 5.41) is 20.3. The molecule has 100 valence electrons. The summed E-state index contributed by atoms with van der Waals surface area (Å²) in [6.07, 6.45) is -1.27. The van der Waals surface area contributed by atoms with Gasteiger partial charge in [-0.15, -0.1) is 0 Å². The van der Waals surface area contributed by atoms with Crippen LogP contribution in [0.2, 0.25) is 0 Å². The summed E-state index contributed by atoms with van der Waals surface area (Å²) >= 11 is 2.94. The molecule has 8 heteroatoms. The SMILES string of the molecule is CCS(=O)(=O)[C@H](Br)[C@H](O)c1ccc([N+](=O)[O-])cc1. The van der Waals surface area contributed by atoms with Gasteiger partial charge in [-0.25, -0.2) is 8.42 Å². The van der Waals surface area contributed by atoms with Crippen molar-refractivity contribution in [1.29, 1.82) is 0 Å². The molecule has 0 aromatic heterocycles. The van der Waals surface area contributed by atoms with Gasteiger partial charge in [0, 0.05) is 17.9 Å². The third-order valence-electron chi connectivity index (χ3n) is 2.44. The second kappa shape index (κ2) is 5.77. The maximum Gasteiger partial charge on any atom is 0.269 e. The Morgan fingerprint density at radius 1 is 1.39 bits per heavy atom. The standard InChI is InChI=1S/C10H12BrNO5S/c1-2-18(16,17)10(11)9(13)7-3-5-8(6-4-7)12(14)15/h3-6,9-10,13H,2H2,1H3/t9-,10+/m1/s1. The van der Waals surface area contributed by atoms with Gasteiger partial charge in [0.05, 0.1) is 4.92 Å². The van der Waals surface area contributed by atoms with Gasteiger partial charge >= 0.3 is 0 Å². The van der Waals surface area contributed by atoms with Gasteiger partial charge in [0.15, 0.2) is 9.84 Å². The predicted octanol–water partition coefficient (Wildman–Crippen LogP) is 1.78. The summed E-state index contributed by atoms with van der Waals surface area (Å²) in [4.78, 5) is 9.89. The predicted molar refractivity (Wildman–Crippen MR) is 70.2 cm³/mol. The number of nitrogens with zero attached hydrogens (tertiary/aromatic N) is 1. The lowest BCUT2D eigenvalue weighted by Gasteiger charge is -2.17. The van der Waals surface area contributed by atoms with E-state index in [9.17, 15) is 23.6 Å². The highest BCUT2D eigenvalue weighted by molar-refractivity contribution is 9.11. The van der Waals surface area contributed by atoms with Gasteiger partial charge in [-0.05, 0) is 17.7 Å². The van der Waals surface area contributed by atoms with Crippen molar-refractivity contribution in [2.75, 3.05) is 5.75 Å². The highest BCUT2D eigenvalue weighted by Crippen LogP contribution is 2.28. The van der Waals surface area contributed by atoms with E-state index in [0.29, 0.717) is 5.56 Å². The van der Waals surface area contributed by atoms with Crippen LogP contribution in [-0.2, 0) is 9.84 Å². The maximum absolute atomic E-state index is 11.6. The second-order valence-corrected chi connectivity index (χ2v) is 7.60. The van der Waals surface area contributed by atoms with E-state index in [-0.39, 0.29) is 11.4 Å². The molecule has 1 aromatic rings. The fourth-order valence-corrected chi connectivity index (χ4v) is 3.27. The van der Waals surface area contributed by atoms with Crippen LogP contribution in [-0.4, -0.2) is 28.4 Å². The minimum atomic E-state index is -3.44. The average molecular weight is 338 g/mol. The molecule has 1 rings (SSSR count). The Kier molecular flexibility index (Phi) is 4.83. The molecule has 0 bridgehead atoms. The monoisotopic (exact) mass is 337 g/mol. The van der Waals surface area contributed by atoms with E-state index < -0.39 is 25.0 Å². The Bertz CT molecular complexity index is 528. The number of alkyl halides is 1. The zero-order valence-electron chi connectivity index (χ0n) is 9.48. The number of benzene rings is 1. The number of hydrogen-bond acceptors (Lipinski definition) is 5. The summed E-state index contributed by atoms with van der Waals surface area (Å²) in [5.74, 6) is -0.104. The van der Waals surface area contributed by atoms with Crippen LogP contribution in [0.4, 0.5) is 5.69 Å². The minimum Gasteiger partial charge on any atom is -0.386 e. The zero-order chi connectivity index (χ0) is 13.9. The highest BCUT2D eigenvalue weighted by Gasteiger charge is 2.29. The number of hydrogen-bond donors (Lipinski definition) is 1. The van der Waals surface area contributed by atoms with E-state index in [1.807, 2.05) is 0 Å². The summed E-state index contributed by atoms with van der Waals surface area (Å²) in [6.45, 7) is 1.48. The van der Waals surface area contributed by atoms with Gasteiger partial charge in [0.2, 0.25) is 0 Å². The van der Waals surface area contributed by atoms with Crippen LogP contribution in [0.15, 0.2) is 24.3 Å². The summed E-state index contributed by atoms with van der Waals surface area (Å²) in [7, 11) is -3.44. The van der Waals surface area contributed by atoms with Crippen molar-refractivity contribution >= 4 is 31.5 Å². The number of sulfone groups is 1. The summed E-state index contributed by atoms with van der Waals surface area (Å²) in [6, 6.07) is 5.11. The first-order valence-corrected chi connectivity index (χ1v) is 7.70. The molecule has 0 unspecified atom stereocenters. The minimum absolute atomic E-state index is 0.104. The molecule has 1 N–H and O–H groups in total. The number of halogens is 1. The number of nitro groups is 1. The lowest BCUT2D eigenvalue weighted by molar-refractivity contribution is -0.384. The number of non-ortho nitro benzene ring substituents is 1. The quantitative estimate of drug-likeness (QED) is 0.501. The molecule has 0 saturated heterocycles. The lowest BCUT2D eigenvalue weighted by atomic mass is 10.1. The van der Waals surface area contributed by atoms with Crippen LogP contribution in [0.3, 0.4) is 0 Å². The third kappa shape index (κ3) is 3.27. The first kappa shape index (κ1) is 15.1. The molecule has 0 amide bonds. The topological polar surface area (TPSA) is 97.5 Å². The van der Waals surface area contributed by atoms with Crippen LogP contribution in [0.25, 0.3) is 0 Å². The molecule has 0 aliphatic heterocycles. The second-order valence-electron chi connectivity index (χ2n) is 3.60. The molecule has 2 atom stereocenters. The van der Waals surface area contributed by atoms with E-state index in [1.165, 1.54) is 31.2 Å². The molecule has 0 spiro atoms. The molecule has 18 heavy (non-hydrogen) atoms. The van der Waals surface area contributed by atoms with E-state index in [0.717, 1.165) is 0 Å². The van der Waals surface area contributed by atoms with Crippen LogP contribution in [0.1, 0.15) is 18.6 Å². The van der Waals surface area contributed by atoms with E-state index in [1.54, 1.807) is 0 Å². The van der Waals surface area contributed by atoms with Crippen molar-refractivity contribution in [1.82, 2.24) is 0 Å². The largest absolute Gasteiger partial charge is 0.386 e. The Hall–Kier alpha value is -0.990. The smallest absolute Gasteiger partial charge is 0.269 e. The van der Waals surface area contributed by atoms with Gasteiger partial charge in [-0.2, -0.15) is 0 Å². The summed E-state index contributed by atoms with van der Waals surface area (Å²) < 4.78 is 22.0. The molecule has 0 aliphatic rings. The average Bonchev–Trinajstić information content (AvgIpc) is 2.37. The molecular weight excluding hydrogens is 326 g/mol. The van der Waals surface area contributed by atoms with Crippen molar-refractivity contribution < 1.29 is 18.4 Å². The number of nitro benzene ring substituents is 1. The van der Waals surface area contributed by atoms with Crippen molar-refractivity contribution in [2.24, 2.45) is 0 Å². The van der Waals surface area contributed by atoms with Gasteiger partial charge in [-0.1, -0.05) is 22.9 Å². The van der Waals surface area contributed by atoms with Crippen LogP contribution in [0, 0.1) is 10.1 Å². The molecule has 1 aromatic carbocycles. The Morgan fingerprint density at radius 3 is 2.28 bits per heavy atom. The normalized spacial score (nSPS) is 15.1. The third-order valence-corrected chi connectivity index (χ3v) is 6.40. The van der Waals surface area contributed by atoms with Crippen LogP contribution < -0.4 is 0 Å². The fraction of sp³-hybridized carbons (Fsp3) is 0.400. The lowest BCUT2D eigenvalue weighted by Crippen LogP contribution is -2.24. The molecule has 0 saturated carbocycles. The molecular formula is C10H12BrNO5S. The Labute approximate surface area is 113 Å². The van der Waals surface area contributed by atoms with Gasteiger partial charge in [-0.3, -0.25) is 10.1 Å². The van der Waals surface area contributed by atoms with Crippen molar-refractivity contribution in [3.8, 4) is 0 Å². The van der Waals surface area contributed by atoms with Gasteiger partial charge in [0.1, 0.15) is 10.3 Å². The molecule has 6 nitrogen and oxygen atoms in total. The van der Waals surface area contributed by atoms with Crippen molar-refractivity contribution in [2.45, 2.75) is 17.2 Å². The van der Waals surface area contributed by atoms with Crippen LogP contribution in [0.5, 0.6) is 0 Å². The van der Waals surface area contributed by atoms with E-state index in [4.69, 9.17) is 0 Å². The number of rotatable bonds is 5. The van der Waals surface area contributed by atoms with E-state index in [2.05, 4.69) is 15.9 Å². The Morgan fingerprint density at radius 2 is 1.89 bits per heavy atom.